The van der Waals surface area contributed by atoms with E-state index < -0.39 is 10.0 Å². The summed E-state index contributed by atoms with van der Waals surface area (Å²) in [5, 5.41) is 0. The Bertz CT molecular complexity index is 536. The van der Waals surface area contributed by atoms with Gasteiger partial charge in [0.15, 0.2) is 6.29 Å². The van der Waals surface area contributed by atoms with Crippen LogP contribution in [-0.2, 0) is 10.0 Å². The first-order valence-corrected chi connectivity index (χ1v) is 7.47. The molecule has 0 radical (unpaired) electrons. The van der Waals surface area contributed by atoms with E-state index in [0.29, 0.717) is 37.6 Å². The van der Waals surface area contributed by atoms with Crippen molar-refractivity contribution in [2.75, 3.05) is 37.3 Å². The third-order valence-corrected chi connectivity index (χ3v) is 4.25. The van der Waals surface area contributed by atoms with Crippen LogP contribution in [0.5, 0.6) is 0 Å². The van der Waals surface area contributed by atoms with Crippen LogP contribution in [0.15, 0.2) is 18.3 Å². The minimum atomic E-state index is -3.13. The number of sulfonamides is 1. The van der Waals surface area contributed by atoms with Crippen LogP contribution in [0.4, 0.5) is 5.82 Å². The first-order valence-electron chi connectivity index (χ1n) is 5.62. The molecule has 0 spiro atoms. The number of rotatable bonds is 3. The predicted octanol–water partition coefficient (Wildman–Crippen LogP) is -0.0243. The molecule has 1 aliphatic rings. The van der Waals surface area contributed by atoms with Crippen molar-refractivity contribution in [3.8, 4) is 0 Å². The van der Waals surface area contributed by atoms with Gasteiger partial charge in [-0.2, -0.15) is 4.31 Å². The standard InChI is InChI=1S/C11H15N3O3S/c1-18(16,17)14-7-5-13(6-8-14)11-10(9-15)3-2-4-12-11/h2-4,9H,5-8H2,1H3. The summed E-state index contributed by atoms with van der Waals surface area (Å²) in [6.07, 6.45) is 3.61. The van der Waals surface area contributed by atoms with E-state index >= 15 is 0 Å². The molecular formula is C11H15N3O3S. The van der Waals surface area contributed by atoms with Gasteiger partial charge in [0, 0.05) is 32.4 Å². The van der Waals surface area contributed by atoms with Crippen LogP contribution in [0, 0.1) is 0 Å². The van der Waals surface area contributed by atoms with Crippen molar-refractivity contribution in [2.45, 2.75) is 0 Å². The Kier molecular flexibility index (Phi) is 3.63. The molecular weight excluding hydrogens is 254 g/mol. The van der Waals surface area contributed by atoms with Gasteiger partial charge in [-0.3, -0.25) is 4.79 Å². The average molecular weight is 269 g/mol. The number of aldehydes is 1. The van der Waals surface area contributed by atoms with E-state index in [1.54, 1.807) is 18.3 Å². The highest BCUT2D eigenvalue weighted by Gasteiger charge is 2.24. The molecule has 0 amide bonds. The van der Waals surface area contributed by atoms with Crippen LogP contribution in [0.1, 0.15) is 10.4 Å². The van der Waals surface area contributed by atoms with E-state index in [0.717, 1.165) is 6.29 Å². The van der Waals surface area contributed by atoms with Gasteiger partial charge in [-0.05, 0) is 12.1 Å². The second kappa shape index (κ2) is 5.03. The highest BCUT2D eigenvalue weighted by molar-refractivity contribution is 7.88. The zero-order valence-electron chi connectivity index (χ0n) is 10.1. The third-order valence-electron chi connectivity index (χ3n) is 2.95. The van der Waals surface area contributed by atoms with Crippen LogP contribution in [0.2, 0.25) is 0 Å². The lowest BCUT2D eigenvalue weighted by atomic mass is 10.2. The van der Waals surface area contributed by atoms with Crippen molar-refractivity contribution in [3.63, 3.8) is 0 Å². The zero-order valence-corrected chi connectivity index (χ0v) is 10.9. The summed E-state index contributed by atoms with van der Waals surface area (Å²) in [6, 6.07) is 3.41. The summed E-state index contributed by atoms with van der Waals surface area (Å²) in [7, 11) is -3.13. The number of nitrogens with zero attached hydrogens (tertiary/aromatic N) is 3. The number of anilines is 1. The van der Waals surface area contributed by atoms with Gasteiger partial charge < -0.3 is 4.90 Å². The highest BCUT2D eigenvalue weighted by atomic mass is 32.2. The summed E-state index contributed by atoms with van der Waals surface area (Å²) in [5.41, 5.74) is 0.533. The molecule has 0 unspecified atom stereocenters. The van der Waals surface area contributed by atoms with Crippen LogP contribution < -0.4 is 4.90 Å². The molecule has 1 aromatic heterocycles. The molecule has 0 bridgehead atoms. The monoisotopic (exact) mass is 269 g/mol. The quantitative estimate of drug-likeness (QED) is 0.721. The van der Waals surface area contributed by atoms with Crippen LogP contribution in [-0.4, -0.2) is 56.4 Å². The topological polar surface area (TPSA) is 70.6 Å². The summed E-state index contributed by atoms with van der Waals surface area (Å²) < 4.78 is 24.2. The fraction of sp³-hybridized carbons (Fsp3) is 0.455. The van der Waals surface area contributed by atoms with E-state index in [1.165, 1.54) is 10.6 Å². The highest BCUT2D eigenvalue weighted by Crippen LogP contribution is 2.18. The maximum absolute atomic E-state index is 11.4. The SMILES string of the molecule is CS(=O)(=O)N1CCN(c2ncccc2C=O)CC1. The normalized spacial score (nSPS) is 17.7. The predicted molar refractivity (Wildman–Crippen MR) is 68.3 cm³/mol. The molecule has 1 fully saturated rings. The molecule has 2 rings (SSSR count). The van der Waals surface area contributed by atoms with Crippen LogP contribution in [0.25, 0.3) is 0 Å². The molecule has 0 aliphatic carbocycles. The maximum atomic E-state index is 11.4. The van der Waals surface area contributed by atoms with Gasteiger partial charge in [0.2, 0.25) is 10.0 Å². The van der Waals surface area contributed by atoms with Crippen molar-refractivity contribution >= 4 is 22.1 Å². The van der Waals surface area contributed by atoms with Gasteiger partial charge in [0.05, 0.1) is 11.8 Å². The fourth-order valence-electron chi connectivity index (χ4n) is 2.00. The second-order valence-corrected chi connectivity index (χ2v) is 6.17. The molecule has 1 saturated heterocycles. The first kappa shape index (κ1) is 13.0. The zero-order chi connectivity index (χ0) is 13.2. The van der Waals surface area contributed by atoms with Crippen molar-refractivity contribution < 1.29 is 13.2 Å². The maximum Gasteiger partial charge on any atom is 0.211 e. The number of pyridine rings is 1. The first-order chi connectivity index (χ1) is 8.52. The Morgan fingerprint density at radius 2 is 1.94 bits per heavy atom. The fourth-order valence-corrected chi connectivity index (χ4v) is 2.82. The van der Waals surface area contributed by atoms with Crippen LogP contribution >= 0.6 is 0 Å². The molecule has 6 nitrogen and oxygen atoms in total. The molecule has 1 aliphatic heterocycles. The minimum absolute atomic E-state index is 0.424. The van der Waals surface area contributed by atoms with Crippen molar-refractivity contribution in [3.05, 3.63) is 23.9 Å². The number of hydrogen-bond donors (Lipinski definition) is 0. The molecule has 18 heavy (non-hydrogen) atoms. The molecule has 7 heteroatoms. The van der Waals surface area contributed by atoms with E-state index in [1.807, 2.05) is 4.90 Å². The summed E-state index contributed by atoms with van der Waals surface area (Å²) in [6.45, 7) is 1.94. The lowest BCUT2D eigenvalue weighted by Crippen LogP contribution is -2.48. The third kappa shape index (κ3) is 2.68. The van der Waals surface area contributed by atoms with Gasteiger partial charge in [-0.15, -0.1) is 0 Å². The van der Waals surface area contributed by atoms with Gasteiger partial charge in [-0.1, -0.05) is 0 Å². The van der Waals surface area contributed by atoms with Gasteiger partial charge in [0.1, 0.15) is 5.82 Å². The molecule has 0 saturated carbocycles. The Morgan fingerprint density at radius 1 is 1.28 bits per heavy atom. The lowest BCUT2D eigenvalue weighted by Gasteiger charge is -2.34. The van der Waals surface area contributed by atoms with Crippen molar-refractivity contribution in [2.24, 2.45) is 0 Å². The number of carbonyl (C=O) groups excluding carboxylic acids is 1. The van der Waals surface area contributed by atoms with Crippen molar-refractivity contribution in [1.29, 1.82) is 0 Å². The molecule has 0 N–H and O–H groups in total. The van der Waals surface area contributed by atoms with Crippen molar-refractivity contribution in [1.82, 2.24) is 9.29 Å². The van der Waals surface area contributed by atoms with E-state index in [4.69, 9.17) is 0 Å². The molecule has 0 atom stereocenters. The van der Waals surface area contributed by atoms with E-state index in [2.05, 4.69) is 4.98 Å². The van der Waals surface area contributed by atoms with Gasteiger partial charge >= 0.3 is 0 Å². The van der Waals surface area contributed by atoms with E-state index in [9.17, 15) is 13.2 Å². The summed E-state index contributed by atoms with van der Waals surface area (Å²) in [5.74, 6) is 0.626. The molecule has 98 valence electrons. The number of carbonyl (C=O) groups is 1. The Hall–Kier alpha value is -1.47. The second-order valence-electron chi connectivity index (χ2n) is 4.18. The lowest BCUT2D eigenvalue weighted by molar-refractivity contribution is 0.112. The molecule has 0 aromatic carbocycles. The Morgan fingerprint density at radius 3 is 2.50 bits per heavy atom. The Labute approximate surface area is 106 Å². The largest absolute Gasteiger partial charge is 0.353 e. The van der Waals surface area contributed by atoms with E-state index in [-0.39, 0.29) is 0 Å². The van der Waals surface area contributed by atoms with Gasteiger partial charge in [0.25, 0.3) is 0 Å². The average Bonchev–Trinajstić information content (AvgIpc) is 2.38. The molecule has 1 aromatic rings. The summed E-state index contributed by atoms with van der Waals surface area (Å²) in [4.78, 5) is 17.0. The number of hydrogen-bond acceptors (Lipinski definition) is 5. The van der Waals surface area contributed by atoms with Gasteiger partial charge in [-0.25, -0.2) is 13.4 Å². The number of aromatic nitrogens is 1. The summed E-state index contributed by atoms with van der Waals surface area (Å²) >= 11 is 0. The smallest absolute Gasteiger partial charge is 0.211 e. The van der Waals surface area contributed by atoms with Crippen LogP contribution in [0.3, 0.4) is 0 Å². The molecule has 2 heterocycles. The minimum Gasteiger partial charge on any atom is -0.353 e. The Balaban J connectivity index is 2.12. The number of piperazine rings is 1.